The summed E-state index contributed by atoms with van der Waals surface area (Å²) in [4.78, 5) is 24.4. The molecule has 1 fully saturated rings. The molecule has 0 saturated carbocycles. The third-order valence-corrected chi connectivity index (χ3v) is 3.61. The second-order valence-corrected chi connectivity index (χ2v) is 4.84. The lowest BCUT2D eigenvalue weighted by atomic mass is 9.98. The van der Waals surface area contributed by atoms with Gasteiger partial charge in [-0.15, -0.1) is 0 Å². The van der Waals surface area contributed by atoms with Crippen molar-refractivity contribution in [3.05, 3.63) is 29.8 Å². The maximum atomic E-state index is 12.1. The third-order valence-electron chi connectivity index (χ3n) is 3.61. The van der Waals surface area contributed by atoms with Gasteiger partial charge in [0.25, 0.3) is 0 Å². The first-order chi connectivity index (χ1) is 8.65. The molecule has 2 heterocycles. The van der Waals surface area contributed by atoms with E-state index >= 15 is 0 Å². The smallest absolute Gasteiger partial charge is 0.310 e. The fourth-order valence-electron chi connectivity index (χ4n) is 2.48. The van der Waals surface area contributed by atoms with Crippen LogP contribution in [0.4, 0.5) is 5.69 Å². The molecule has 3 rings (SSSR count). The summed E-state index contributed by atoms with van der Waals surface area (Å²) < 4.78 is 0. The third kappa shape index (κ3) is 1.72. The molecule has 0 unspecified atom stereocenters. The van der Waals surface area contributed by atoms with Crippen LogP contribution in [0.15, 0.2) is 24.3 Å². The molecule has 0 radical (unpaired) electrons. The number of benzene rings is 1. The minimum Gasteiger partial charge on any atom is -0.481 e. The van der Waals surface area contributed by atoms with E-state index in [1.165, 1.54) is 0 Å². The summed E-state index contributed by atoms with van der Waals surface area (Å²) in [6.45, 7) is 0.672. The normalized spacial score (nSPS) is 22.0. The topological polar surface area (TPSA) is 69.6 Å². The number of aliphatic carboxylic acids is 1. The fourth-order valence-corrected chi connectivity index (χ4v) is 2.48. The number of amides is 1. The number of carboxylic acids is 1. The first kappa shape index (κ1) is 11.1. The Morgan fingerprint density at radius 3 is 2.67 bits per heavy atom. The predicted octanol–water partition coefficient (Wildman–Crippen LogP) is 0.566. The van der Waals surface area contributed by atoms with Crippen molar-refractivity contribution in [2.45, 2.75) is 12.5 Å². The molecule has 1 saturated heterocycles. The van der Waals surface area contributed by atoms with Crippen molar-refractivity contribution >= 4 is 17.6 Å². The van der Waals surface area contributed by atoms with Crippen LogP contribution < -0.4 is 5.32 Å². The number of hydrogen-bond donors (Lipinski definition) is 2. The number of carbonyl (C=O) groups is 2. The Kier molecular flexibility index (Phi) is 2.47. The van der Waals surface area contributed by atoms with Crippen LogP contribution in [0.2, 0.25) is 0 Å². The van der Waals surface area contributed by atoms with Gasteiger partial charge < -0.3 is 15.3 Å². The number of rotatable bonds is 2. The van der Waals surface area contributed by atoms with E-state index in [2.05, 4.69) is 5.32 Å². The van der Waals surface area contributed by atoms with Gasteiger partial charge in [0.2, 0.25) is 5.91 Å². The molecule has 2 aliphatic heterocycles. The standard InChI is InChI=1S/C13H14N2O3/c16-12(15-6-9(7-15)13(17)18)11-5-8-3-1-2-4-10(8)14-11/h1-4,9,11,14H,5-7H2,(H,17,18)/t11-/m0/s1. The maximum Gasteiger partial charge on any atom is 0.310 e. The Labute approximate surface area is 104 Å². The second-order valence-electron chi connectivity index (χ2n) is 4.84. The molecule has 1 aromatic rings. The summed E-state index contributed by atoms with van der Waals surface area (Å²) in [5.74, 6) is -1.21. The molecule has 1 atom stereocenters. The number of hydrogen-bond acceptors (Lipinski definition) is 3. The van der Waals surface area contributed by atoms with Crippen LogP contribution in [0.1, 0.15) is 5.56 Å². The van der Waals surface area contributed by atoms with Crippen molar-refractivity contribution in [1.29, 1.82) is 0 Å². The van der Waals surface area contributed by atoms with E-state index < -0.39 is 11.9 Å². The van der Waals surface area contributed by atoms with Gasteiger partial charge >= 0.3 is 5.97 Å². The average molecular weight is 246 g/mol. The molecule has 0 spiro atoms. The van der Waals surface area contributed by atoms with E-state index in [1.54, 1.807) is 4.90 Å². The number of nitrogens with zero attached hydrogens (tertiary/aromatic N) is 1. The van der Waals surface area contributed by atoms with Crippen molar-refractivity contribution in [1.82, 2.24) is 4.90 Å². The molecule has 0 bridgehead atoms. The molecule has 0 aliphatic carbocycles. The molecule has 5 heteroatoms. The summed E-state index contributed by atoms with van der Waals surface area (Å²) in [6.07, 6.45) is 0.684. The molecule has 18 heavy (non-hydrogen) atoms. The summed E-state index contributed by atoms with van der Waals surface area (Å²) in [5, 5.41) is 12.0. The van der Waals surface area contributed by atoms with Crippen LogP contribution in [0.3, 0.4) is 0 Å². The summed E-state index contributed by atoms with van der Waals surface area (Å²) >= 11 is 0. The van der Waals surface area contributed by atoms with E-state index in [4.69, 9.17) is 5.11 Å². The van der Waals surface area contributed by atoms with Crippen LogP contribution in [-0.2, 0) is 16.0 Å². The Bertz CT molecular complexity index is 484. The van der Waals surface area contributed by atoms with Crippen LogP contribution in [0.5, 0.6) is 0 Å². The Hall–Kier alpha value is -2.04. The molecule has 2 aliphatic rings. The molecule has 1 amide bonds. The lowest BCUT2D eigenvalue weighted by Crippen LogP contribution is -2.56. The van der Waals surface area contributed by atoms with Gasteiger partial charge in [-0.2, -0.15) is 0 Å². The van der Waals surface area contributed by atoms with Crippen LogP contribution in [0.25, 0.3) is 0 Å². The van der Waals surface area contributed by atoms with Crippen molar-refractivity contribution in [3.63, 3.8) is 0 Å². The Morgan fingerprint density at radius 2 is 2.00 bits per heavy atom. The van der Waals surface area contributed by atoms with Gasteiger partial charge in [0.05, 0.1) is 5.92 Å². The largest absolute Gasteiger partial charge is 0.481 e. The van der Waals surface area contributed by atoms with Gasteiger partial charge in [0.15, 0.2) is 0 Å². The van der Waals surface area contributed by atoms with Crippen LogP contribution in [0, 0.1) is 5.92 Å². The summed E-state index contributed by atoms with van der Waals surface area (Å²) in [5.41, 5.74) is 2.15. The zero-order valence-corrected chi connectivity index (χ0v) is 9.80. The number of anilines is 1. The number of likely N-dealkylation sites (tertiary alicyclic amines) is 1. The number of nitrogens with one attached hydrogen (secondary N) is 1. The zero-order chi connectivity index (χ0) is 12.7. The van der Waals surface area contributed by atoms with E-state index in [0.717, 1.165) is 11.3 Å². The quantitative estimate of drug-likeness (QED) is 0.800. The van der Waals surface area contributed by atoms with Crippen molar-refractivity contribution < 1.29 is 14.7 Å². The monoisotopic (exact) mass is 246 g/mol. The minimum atomic E-state index is -0.818. The van der Waals surface area contributed by atoms with Gasteiger partial charge in [-0.05, 0) is 11.6 Å². The average Bonchev–Trinajstić information content (AvgIpc) is 2.69. The molecule has 2 N–H and O–H groups in total. The van der Waals surface area contributed by atoms with E-state index in [-0.39, 0.29) is 11.9 Å². The lowest BCUT2D eigenvalue weighted by Gasteiger charge is -2.38. The lowest BCUT2D eigenvalue weighted by molar-refractivity contribution is -0.153. The predicted molar refractivity (Wildman–Crippen MR) is 65.3 cm³/mol. The fraction of sp³-hybridized carbons (Fsp3) is 0.385. The van der Waals surface area contributed by atoms with E-state index in [1.807, 2.05) is 24.3 Å². The molecule has 5 nitrogen and oxygen atoms in total. The highest BCUT2D eigenvalue weighted by molar-refractivity contribution is 5.89. The highest BCUT2D eigenvalue weighted by atomic mass is 16.4. The minimum absolute atomic E-state index is 0.00343. The number of para-hydroxylation sites is 1. The zero-order valence-electron chi connectivity index (χ0n) is 9.80. The van der Waals surface area contributed by atoms with Gasteiger partial charge in [0, 0.05) is 25.2 Å². The summed E-state index contributed by atoms with van der Waals surface area (Å²) in [6, 6.07) is 7.61. The number of carbonyl (C=O) groups excluding carboxylic acids is 1. The molecular formula is C13H14N2O3. The van der Waals surface area contributed by atoms with Gasteiger partial charge in [-0.3, -0.25) is 9.59 Å². The van der Waals surface area contributed by atoms with Crippen molar-refractivity contribution in [2.75, 3.05) is 18.4 Å². The van der Waals surface area contributed by atoms with Crippen LogP contribution >= 0.6 is 0 Å². The number of fused-ring (bicyclic) bond motifs is 1. The van der Waals surface area contributed by atoms with Gasteiger partial charge in [0.1, 0.15) is 6.04 Å². The second kappa shape index (κ2) is 4.01. The highest BCUT2D eigenvalue weighted by Crippen LogP contribution is 2.27. The molecule has 1 aromatic carbocycles. The van der Waals surface area contributed by atoms with Gasteiger partial charge in [-0.1, -0.05) is 18.2 Å². The van der Waals surface area contributed by atoms with Gasteiger partial charge in [-0.25, -0.2) is 0 Å². The number of carboxylic acid groups (broad SMARTS) is 1. The molecular weight excluding hydrogens is 232 g/mol. The van der Waals surface area contributed by atoms with Crippen molar-refractivity contribution in [3.8, 4) is 0 Å². The Balaban J connectivity index is 1.62. The SMILES string of the molecule is O=C(O)C1CN(C(=O)[C@@H]2Cc3ccccc3N2)C1. The summed E-state index contributed by atoms with van der Waals surface area (Å²) in [7, 11) is 0. The molecule has 0 aromatic heterocycles. The van der Waals surface area contributed by atoms with E-state index in [9.17, 15) is 9.59 Å². The first-order valence-corrected chi connectivity index (χ1v) is 6.01. The Morgan fingerprint density at radius 1 is 1.28 bits per heavy atom. The maximum absolute atomic E-state index is 12.1. The van der Waals surface area contributed by atoms with Crippen LogP contribution in [-0.4, -0.2) is 41.0 Å². The van der Waals surface area contributed by atoms with E-state index in [0.29, 0.717) is 19.5 Å². The highest BCUT2D eigenvalue weighted by Gasteiger charge is 2.39. The van der Waals surface area contributed by atoms with Crippen molar-refractivity contribution in [2.24, 2.45) is 5.92 Å². The first-order valence-electron chi connectivity index (χ1n) is 6.01. The molecule has 94 valence electrons.